The Morgan fingerprint density at radius 1 is 1.25 bits per heavy atom. The van der Waals surface area contributed by atoms with Crippen LogP contribution in [-0.4, -0.2) is 6.04 Å². The van der Waals surface area contributed by atoms with Crippen molar-refractivity contribution < 1.29 is 4.42 Å². The quantitative estimate of drug-likeness (QED) is 0.854. The van der Waals surface area contributed by atoms with E-state index in [1.54, 1.807) is 6.26 Å². The Morgan fingerprint density at radius 3 is 2.69 bits per heavy atom. The van der Waals surface area contributed by atoms with Crippen LogP contribution in [0.25, 0.3) is 11.3 Å². The van der Waals surface area contributed by atoms with Crippen LogP contribution in [0.1, 0.15) is 18.1 Å². The van der Waals surface area contributed by atoms with Crippen molar-refractivity contribution in [3.63, 3.8) is 0 Å². The highest BCUT2D eigenvalue weighted by Gasteiger charge is 2.08. The van der Waals surface area contributed by atoms with Gasteiger partial charge in [-0.25, -0.2) is 0 Å². The molecule has 0 aliphatic rings. The molecule has 0 aliphatic heterocycles. The molecule has 84 valence electrons. The third kappa shape index (κ3) is 2.17. The van der Waals surface area contributed by atoms with Gasteiger partial charge in [0.15, 0.2) is 0 Å². The number of hydrogen-bond acceptors (Lipinski definition) is 2. The van der Waals surface area contributed by atoms with E-state index in [0.29, 0.717) is 0 Å². The van der Waals surface area contributed by atoms with Gasteiger partial charge >= 0.3 is 0 Å². The second-order valence-electron chi connectivity index (χ2n) is 4.25. The highest BCUT2D eigenvalue weighted by Crippen LogP contribution is 2.26. The predicted octanol–water partition coefficient (Wildman–Crippen LogP) is 3.14. The highest BCUT2D eigenvalue weighted by atomic mass is 16.3. The minimum absolute atomic E-state index is 0.186. The van der Waals surface area contributed by atoms with Crippen molar-refractivity contribution in [2.24, 2.45) is 5.73 Å². The van der Waals surface area contributed by atoms with Crippen molar-refractivity contribution in [3.05, 3.63) is 47.7 Å². The van der Waals surface area contributed by atoms with E-state index in [2.05, 4.69) is 25.1 Å². The molecule has 0 saturated heterocycles. The van der Waals surface area contributed by atoms with Gasteiger partial charge in [-0.15, -0.1) is 0 Å². The lowest BCUT2D eigenvalue weighted by Gasteiger charge is -2.11. The minimum atomic E-state index is 0.186. The Labute approximate surface area is 96.1 Å². The Bertz CT molecular complexity index is 458. The van der Waals surface area contributed by atoms with Crippen molar-refractivity contribution in [1.29, 1.82) is 0 Å². The third-order valence-corrected chi connectivity index (χ3v) is 2.77. The molecule has 1 unspecified atom stereocenters. The van der Waals surface area contributed by atoms with Gasteiger partial charge in [0.05, 0.1) is 6.26 Å². The molecule has 2 rings (SSSR count). The Kier molecular flexibility index (Phi) is 3.11. The lowest BCUT2D eigenvalue weighted by Crippen LogP contribution is -2.18. The smallest absolute Gasteiger partial charge is 0.134 e. The lowest BCUT2D eigenvalue weighted by molar-refractivity contribution is 0.581. The zero-order valence-electron chi connectivity index (χ0n) is 9.73. The Morgan fingerprint density at radius 2 is 2.06 bits per heavy atom. The fraction of sp³-hybridized carbons (Fsp3) is 0.286. The molecule has 0 aliphatic carbocycles. The van der Waals surface area contributed by atoms with Gasteiger partial charge < -0.3 is 10.2 Å². The van der Waals surface area contributed by atoms with Crippen LogP contribution < -0.4 is 5.73 Å². The molecule has 0 fully saturated rings. The maximum absolute atomic E-state index is 5.84. The molecule has 1 aromatic heterocycles. The lowest BCUT2D eigenvalue weighted by atomic mass is 9.96. The number of hydrogen-bond donors (Lipinski definition) is 1. The van der Waals surface area contributed by atoms with E-state index < -0.39 is 0 Å². The van der Waals surface area contributed by atoms with E-state index in [1.807, 2.05) is 19.1 Å². The number of nitrogens with two attached hydrogens (primary N) is 1. The van der Waals surface area contributed by atoms with Crippen molar-refractivity contribution in [3.8, 4) is 11.3 Å². The maximum Gasteiger partial charge on any atom is 0.134 e. The molecule has 1 aromatic carbocycles. The molecule has 2 aromatic rings. The monoisotopic (exact) mass is 215 g/mol. The zero-order chi connectivity index (χ0) is 11.5. The van der Waals surface area contributed by atoms with Crippen LogP contribution in [0.2, 0.25) is 0 Å². The van der Waals surface area contributed by atoms with Crippen LogP contribution >= 0.6 is 0 Å². The summed E-state index contributed by atoms with van der Waals surface area (Å²) in [6.45, 7) is 4.15. The summed E-state index contributed by atoms with van der Waals surface area (Å²) in [7, 11) is 0. The van der Waals surface area contributed by atoms with Crippen molar-refractivity contribution in [2.45, 2.75) is 26.3 Å². The molecular weight excluding hydrogens is 198 g/mol. The van der Waals surface area contributed by atoms with Gasteiger partial charge in [-0.05, 0) is 43.5 Å². The van der Waals surface area contributed by atoms with E-state index >= 15 is 0 Å². The average Bonchev–Trinajstić information content (AvgIpc) is 2.73. The molecule has 2 nitrogen and oxygen atoms in total. The summed E-state index contributed by atoms with van der Waals surface area (Å²) in [5.41, 5.74) is 9.55. The first-order valence-corrected chi connectivity index (χ1v) is 5.56. The Hall–Kier alpha value is -1.54. The molecule has 1 heterocycles. The van der Waals surface area contributed by atoms with Crippen LogP contribution in [0, 0.1) is 6.92 Å². The second-order valence-corrected chi connectivity index (χ2v) is 4.25. The predicted molar refractivity (Wildman–Crippen MR) is 66.2 cm³/mol. The standard InChI is InChI=1S/C14H17NO/c1-10(15)9-12-5-3-6-13(11(12)2)14-7-4-8-16-14/h3-8,10H,9,15H2,1-2H3. The SMILES string of the molecule is Cc1c(CC(C)N)cccc1-c1ccco1. The summed E-state index contributed by atoms with van der Waals surface area (Å²) in [6, 6.07) is 10.3. The van der Waals surface area contributed by atoms with Crippen LogP contribution in [0.3, 0.4) is 0 Å². The maximum atomic E-state index is 5.84. The molecule has 2 N–H and O–H groups in total. The van der Waals surface area contributed by atoms with Gasteiger partial charge in [0.2, 0.25) is 0 Å². The van der Waals surface area contributed by atoms with Crippen LogP contribution in [0.4, 0.5) is 0 Å². The first-order valence-electron chi connectivity index (χ1n) is 5.56. The minimum Gasteiger partial charge on any atom is -0.464 e. The fourth-order valence-electron chi connectivity index (χ4n) is 1.95. The summed E-state index contributed by atoms with van der Waals surface area (Å²) < 4.78 is 5.43. The van der Waals surface area contributed by atoms with Gasteiger partial charge in [0, 0.05) is 11.6 Å². The number of furan rings is 1. The molecular formula is C14H17NO. The highest BCUT2D eigenvalue weighted by molar-refractivity contribution is 5.63. The molecule has 2 heteroatoms. The van der Waals surface area contributed by atoms with Crippen molar-refractivity contribution >= 4 is 0 Å². The third-order valence-electron chi connectivity index (χ3n) is 2.77. The van der Waals surface area contributed by atoms with Gasteiger partial charge in [0.25, 0.3) is 0 Å². The van der Waals surface area contributed by atoms with E-state index in [1.165, 1.54) is 11.1 Å². The van der Waals surface area contributed by atoms with Gasteiger partial charge in [-0.3, -0.25) is 0 Å². The normalized spacial score (nSPS) is 12.7. The number of rotatable bonds is 3. The van der Waals surface area contributed by atoms with E-state index in [4.69, 9.17) is 10.2 Å². The van der Waals surface area contributed by atoms with Crippen LogP contribution in [-0.2, 0) is 6.42 Å². The molecule has 0 spiro atoms. The van der Waals surface area contributed by atoms with Crippen molar-refractivity contribution in [2.75, 3.05) is 0 Å². The largest absolute Gasteiger partial charge is 0.464 e. The first-order chi connectivity index (χ1) is 7.68. The van der Waals surface area contributed by atoms with E-state index in [9.17, 15) is 0 Å². The van der Waals surface area contributed by atoms with E-state index in [-0.39, 0.29) is 6.04 Å². The molecule has 0 radical (unpaired) electrons. The fourth-order valence-corrected chi connectivity index (χ4v) is 1.95. The van der Waals surface area contributed by atoms with Crippen molar-refractivity contribution in [1.82, 2.24) is 0 Å². The second kappa shape index (κ2) is 4.54. The molecule has 0 bridgehead atoms. The van der Waals surface area contributed by atoms with Crippen LogP contribution in [0.5, 0.6) is 0 Å². The molecule has 1 atom stereocenters. The summed E-state index contributed by atoms with van der Waals surface area (Å²) in [6.07, 6.45) is 2.60. The summed E-state index contributed by atoms with van der Waals surface area (Å²) in [5.74, 6) is 0.920. The zero-order valence-corrected chi connectivity index (χ0v) is 9.73. The summed E-state index contributed by atoms with van der Waals surface area (Å²) in [4.78, 5) is 0. The first kappa shape index (κ1) is 11.0. The van der Waals surface area contributed by atoms with Crippen LogP contribution in [0.15, 0.2) is 41.0 Å². The van der Waals surface area contributed by atoms with Gasteiger partial charge in [-0.2, -0.15) is 0 Å². The van der Waals surface area contributed by atoms with Gasteiger partial charge in [-0.1, -0.05) is 18.2 Å². The molecule has 0 saturated carbocycles. The topological polar surface area (TPSA) is 39.2 Å². The summed E-state index contributed by atoms with van der Waals surface area (Å²) >= 11 is 0. The summed E-state index contributed by atoms with van der Waals surface area (Å²) in [5, 5.41) is 0. The molecule has 16 heavy (non-hydrogen) atoms. The Balaban J connectivity index is 2.41. The van der Waals surface area contributed by atoms with Gasteiger partial charge in [0.1, 0.15) is 5.76 Å². The average molecular weight is 215 g/mol. The van der Waals surface area contributed by atoms with E-state index in [0.717, 1.165) is 17.7 Å². The number of benzene rings is 1. The molecule has 0 amide bonds.